The molecule has 0 unspecified atom stereocenters. The highest BCUT2D eigenvalue weighted by Crippen LogP contribution is 2.27. The zero-order valence-electron chi connectivity index (χ0n) is 11.5. The lowest BCUT2D eigenvalue weighted by Crippen LogP contribution is -2.33. The lowest BCUT2D eigenvalue weighted by molar-refractivity contribution is -0.122. The fourth-order valence-electron chi connectivity index (χ4n) is 2.03. The van der Waals surface area contributed by atoms with Crippen LogP contribution < -0.4 is 10.6 Å². The molecule has 0 spiro atoms. The van der Waals surface area contributed by atoms with E-state index in [2.05, 4.69) is 10.6 Å². The van der Waals surface area contributed by atoms with E-state index in [0.717, 1.165) is 12.1 Å². The number of carbonyl (C=O) groups is 2. The Balaban J connectivity index is 1.96. The van der Waals surface area contributed by atoms with Crippen LogP contribution in [0.2, 0.25) is 5.02 Å². The average molecular weight is 295 g/mol. The number of carbonyl (C=O) groups excluding carboxylic acids is 2. The summed E-state index contributed by atoms with van der Waals surface area (Å²) in [7, 11) is 0. The van der Waals surface area contributed by atoms with Crippen LogP contribution in [0.25, 0.3) is 0 Å². The molecular formula is C15H19ClN2O2. The van der Waals surface area contributed by atoms with Crippen LogP contribution in [0.3, 0.4) is 0 Å². The van der Waals surface area contributed by atoms with Gasteiger partial charge in [-0.15, -0.1) is 0 Å². The van der Waals surface area contributed by atoms with Gasteiger partial charge in [-0.2, -0.15) is 0 Å². The summed E-state index contributed by atoms with van der Waals surface area (Å²) < 4.78 is 0. The fourth-order valence-corrected chi connectivity index (χ4v) is 2.16. The molecule has 1 saturated carbocycles. The van der Waals surface area contributed by atoms with Crippen molar-refractivity contribution < 1.29 is 9.59 Å². The first-order valence-corrected chi connectivity index (χ1v) is 7.21. The average Bonchev–Trinajstić information content (AvgIpc) is 3.20. The minimum Gasteiger partial charge on any atom is -0.356 e. The zero-order chi connectivity index (χ0) is 14.5. The highest BCUT2D eigenvalue weighted by atomic mass is 35.5. The highest BCUT2D eigenvalue weighted by Gasteiger charge is 2.23. The van der Waals surface area contributed by atoms with Gasteiger partial charge in [0.05, 0.1) is 12.5 Å². The van der Waals surface area contributed by atoms with Crippen LogP contribution in [0.5, 0.6) is 0 Å². The van der Waals surface area contributed by atoms with E-state index in [1.54, 1.807) is 12.1 Å². The topological polar surface area (TPSA) is 58.2 Å². The Labute approximate surface area is 123 Å². The summed E-state index contributed by atoms with van der Waals surface area (Å²) >= 11 is 5.85. The Kier molecular flexibility index (Phi) is 5.01. The molecule has 0 aliphatic heterocycles. The third-order valence-electron chi connectivity index (χ3n) is 3.32. The van der Waals surface area contributed by atoms with Gasteiger partial charge < -0.3 is 10.6 Å². The minimum absolute atomic E-state index is 0.0365. The van der Waals surface area contributed by atoms with Gasteiger partial charge in [-0.05, 0) is 36.5 Å². The number of hydrogen-bond acceptors (Lipinski definition) is 2. The molecule has 0 heterocycles. The Morgan fingerprint density at radius 1 is 1.30 bits per heavy atom. The molecule has 20 heavy (non-hydrogen) atoms. The van der Waals surface area contributed by atoms with Crippen molar-refractivity contribution in [2.45, 2.75) is 32.2 Å². The van der Waals surface area contributed by atoms with Crippen LogP contribution in [-0.2, 0) is 9.59 Å². The Bertz CT molecular complexity index is 483. The molecule has 2 N–H and O–H groups in total. The van der Waals surface area contributed by atoms with Crippen molar-refractivity contribution in [2.24, 2.45) is 5.92 Å². The van der Waals surface area contributed by atoms with Crippen LogP contribution in [0.15, 0.2) is 24.3 Å². The molecule has 0 bridgehead atoms. The van der Waals surface area contributed by atoms with Gasteiger partial charge in [0, 0.05) is 18.5 Å². The van der Waals surface area contributed by atoms with E-state index < -0.39 is 0 Å². The SMILES string of the molecule is CC(=O)N[C@H](CC(=O)NCC1CC1)c1ccc(Cl)cc1. The summed E-state index contributed by atoms with van der Waals surface area (Å²) in [5, 5.41) is 6.35. The quantitative estimate of drug-likeness (QED) is 0.846. The van der Waals surface area contributed by atoms with Gasteiger partial charge in [0.1, 0.15) is 0 Å². The maximum atomic E-state index is 11.9. The summed E-state index contributed by atoms with van der Waals surface area (Å²) in [5.41, 5.74) is 0.881. The third-order valence-corrected chi connectivity index (χ3v) is 3.58. The minimum atomic E-state index is -0.316. The van der Waals surface area contributed by atoms with Gasteiger partial charge in [0.25, 0.3) is 0 Å². The van der Waals surface area contributed by atoms with Gasteiger partial charge in [0.2, 0.25) is 11.8 Å². The van der Waals surface area contributed by atoms with Gasteiger partial charge in [-0.1, -0.05) is 23.7 Å². The predicted molar refractivity (Wildman–Crippen MR) is 78.4 cm³/mol. The van der Waals surface area contributed by atoms with Gasteiger partial charge in [-0.3, -0.25) is 9.59 Å². The molecule has 1 aliphatic carbocycles. The first kappa shape index (κ1) is 14.9. The molecule has 1 fully saturated rings. The third kappa shape index (κ3) is 4.85. The van der Waals surface area contributed by atoms with Crippen LogP contribution in [0.4, 0.5) is 0 Å². The van der Waals surface area contributed by atoms with Gasteiger partial charge in [0.15, 0.2) is 0 Å². The fraction of sp³-hybridized carbons (Fsp3) is 0.467. The summed E-state index contributed by atoms with van der Waals surface area (Å²) in [4.78, 5) is 23.2. The second-order valence-electron chi connectivity index (χ2n) is 5.26. The molecule has 1 aliphatic rings. The van der Waals surface area contributed by atoms with E-state index >= 15 is 0 Å². The molecule has 0 radical (unpaired) electrons. The van der Waals surface area contributed by atoms with Crippen LogP contribution in [0.1, 0.15) is 37.8 Å². The Morgan fingerprint density at radius 2 is 1.95 bits per heavy atom. The van der Waals surface area contributed by atoms with Crippen molar-refractivity contribution in [3.05, 3.63) is 34.9 Å². The lowest BCUT2D eigenvalue weighted by atomic mass is 10.0. The largest absolute Gasteiger partial charge is 0.356 e. The van der Waals surface area contributed by atoms with Crippen molar-refractivity contribution >= 4 is 23.4 Å². The molecule has 2 amide bonds. The second kappa shape index (κ2) is 6.75. The summed E-state index contributed by atoms with van der Waals surface area (Å²) in [6.45, 7) is 2.19. The second-order valence-corrected chi connectivity index (χ2v) is 5.69. The maximum Gasteiger partial charge on any atom is 0.222 e. The maximum absolute atomic E-state index is 11.9. The molecule has 1 aromatic carbocycles. The molecule has 1 aromatic rings. The van der Waals surface area contributed by atoms with E-state index in [1.807, 2.05) is 12.1 Å². The lowest BCUT2D eigenvalue weighted by Gasteiger charge is -2.18. The number of halogens is 1. The molecular weight excluding hydrogens is 276 g/mol. The van der Waals surface area contributed by atoms with Crippen molar-refractivity contribution in [2.75, 3.05) is 6.54 Å². The smallest absolute Gasteiger partial charge is 0.222 e. The molecule has 5 heteroatoms. The van der Waals surface area contributed by atoms with Crippen molar-refractivity contribution in [1.29, 1.82) is 0 Å². The van der Waals surface area contributed by atoms with Crippen LogP contribution >= 0.6 is 11.6 Å². The summed E-state index contributed by atoms with van der Waals surface area (Å²) in [5.74, 6) is 0.458. The van der Waals surface area contributed by atoms with Crippen LogP contribution in [-0.4, -0.2) is 18.4 Å². The molecule has 2 rings (SSSR count). The number of hydrogen-bond donors (Lipinski definition) is 2. The Hall–Kier alpha value is -1.55. The van der Waals surface area contributed by atoms with Gasteiger partial charge >= 0.3 is 0 Å². The number of amides is 2. The Morgan fingerprint density at radius 3 is 2.50 bits per heavy atom. The van der Waals surface area contributed by atoms with E-state index in [0.29, 0.717) is 10.9 Å². The first-order chi connectivity index (χ1) is 9.54. The molecule has 0 saturated heterocycles. The summed E-state index contributed by atoms with van der Waals surface area (Å²) in [6, 6.07) is 6.86. The number of rotatable bonds is 6. The summed E-state index contributed by atoms with van der Waals surface area (Å²) in [6.07, 6.45) is 2.65. The molecule has 0 aromatic heterocycles. The van der Waals surface area contributed by atoms with Crippen molar-refractivity contribution in [3.63, 3.8) is 0 Å². The van der Waals surface area contributed by atoms with E-state index in [-0.39, 0.29) is 24.3 Å². The highest BCUT2D eigenvalue weighted by molar-refractivity contribution is 6.30. The van der Waals surface area contributed by atoms with Crippen molar-refractivity contribution in [1.82, 2.24) is 10.6 Å². The number of nitrogens with one attached hydrogen (secondary N) is 2. The normalized spacial score (nSPS) is 15.5. The monoisotopic (exact) mass is 294 g/mol. The van der Waals surface area contributed by atoms with E-state index in [4.69, 9.17) is 11.6 Å². The van der Waals surface area contributed by atoms with Gasteiger partial charge in [-0.25, -0.2) is 0 Å². The number of benzene rings is 1. The van der Waals surface area contributed by atoms with Crippen molar-refractivity contribution in [3.8, 4) is 0 Å². The molecule has 1 atom stereocenters. The van der Waals surface area contributed by atoms with E-state index in [9.17, 15) is 9.59 Å². The molecule has 108 valence electrons. The standard InChI is InChI=1S/C15H19ClN2O2/c1-10(19)18-14(12-4-6-13(16)7-5-12)8-15(20)17-9-11-2-3-11/h4-7,11,14H,2-3,8-9H2,1H3,(H,17,20)(H,18,19)/t14-/m1/s1. The first-order valence-electron chi connectivity index (χ1n) is 6.84. The van der Waals surface area contributed by atoms with Crippen LogP contribution in [0, 0.1) is 5.92 Å². The predicted octanol–water partition coefficient (Wildman–Crippen LogP) is 2.43. The molecule has 4 nitrogen and oxygen atoms in total. The van der Waals surface area contributed by atoms with E-state index in [1.165, 1.54) is 19.8 Å². The zero-order valence-corrected chi connectivity index (χ0v) is 12.2.